The van der Waals surface area contributed by atoms with Crippen LogP contribution in [0.4, 0.5) is 5.82 Å². The van der Waals surface area contributed by atoms with Crippen LogP contribution in [-0.4, -0.2) is 9.38 Å². The molecule has 0 aliphatic heterocycles. The van der Waals surface area contributed by atoms with E-state index in [0.29, 0.717) is 10.7 Å². The monoisotopic (exact) mass is 263 g/mol. The first-order chi connectivity index (χ1) is 8.31. The van der Waals surface area contributed by atoms with Crippen LogP contribution in [0.15, 0.2) is 41.0 Å². The van der Waals surface area contributed by atoms with Crippen LogP contribution in [0.3, 0.4) is 0 Å². The molecule has 17 heavy (non-hydrogen) atoms. The average molecular weight is 264 g/mol. The average Bonchev–Trinajstić information content (AvgIpc) is 2.89. The van der Waals surface area contributed by atoms with Crippen molar-refractivity contribution in [3.8, 4) is 11.3 Å². The summed E-state index contributed by atoms with van der Waals surface area (Å²) in [4.78, 5) is 16.0. The molecule has 2 aromatic heterocycles. The highest BCUT2D eigenvalue weighted by Gasteiger charge is 2.17. The Bertz CT molecular complexity index is 704. The summed E-state index contributed by atoms with van der Waals surface area (Å²) in [5, 5.41) is 5.46. The molecule has 0 N–H and O–H groups in total. The van der Waals surface area contributed by atoms with Gasteiger partial charge in [-0.2, -0.15) is 0 Å². The van der Waals surface area contributed by atoms with E-state index in [4.69, 9.17) is 11.6 Å². The lowest BCUT2D eigenvalue weighted by Gasteiger charge is -1.99. The second kappa shape index (κ2) is 3.94. The van der Waals surface area contributed by atoms with E-state index in [1.165, 1.54) is 11.3 Å². The van der Waals surface area contributed by atoms with Crippen LogP contribution >= 0.6 is 22.9 Å². The molecule has 0 saturated carbocycles. The van der Waals surface area contributed by atoms with Gasteiger partial charge in [-0.25, -0.2) is 4.98 Å². The Kier molecular flexibility index (Phi) is 2.42. The number of fused-ring (bicyclic) bond motifs is 1. The Balaban J connectivity index is 2.34. The van der Waals surface area contributed by atoms with Crippen molar-refractivity contribution in [2.24, 2.45) is 5.18 Å². The Hall–Kier alpha value is -1.72. The van der Waals surface area contributed by atoms with Crippen molar-refractivity contribution < 1.29 is 0 Å². The minimum Gasteiger partial charge on any atom is -0.272 e. The van der Waals surface area contributed by atoms with Crippen LogP contribution < -0.4 is 0 Å². The third-order valence-corrected chi connectivity index (χ3v) is 3.54. The van der Waals surface area contributed by atoms with Gasteiger partial charge >= 0.3 is 0 Å². The van der Waals surface area contributed by atoms with E-state index in [9.17, 15) is 4.91 Å². The lowest BCUT2D eigenvalue weighted by molar-refractivity contribution is 1.20. The number of thiazole rings is 1. The number of nitrogens with zero attached hydrogens (tertiary/aromatic N) is 3. The fourth-order valence-corrected chi connectivity index (χ4v) is 2.63. The number of nitroso groups, excluding NO2 is 1. The summed E-state index contributed by atoms with van der Waals surface area (Å²) in [5.41, 5.74) is 1.25. The largest absolute Gasteiger partial charge is 0.272 e. The van der Waals surface area contributed by atoms with Crippen molar-refractivity contribution in [3.63, 3.8) is 0 Å². The van der Waals surface area contributed by atoms with Gasteiger partial charge in [-0.1, -0.05) is 29.8 Å². The highest BCUT2D eigenvalue weighted by Crippen LogP contribution is 2.35. The van der Waals surface area contributed by atoms with Gasteiger partial charge in [0.25, 0.3) is 0 Å². The zero-order valence-electron chi connectivity index (χ0n) is 8.50. The van der Waals surface area contributed by atoms with Gasteiger partial charge in [-0.05, 0) is 11.2 Å². The zero-order chi connectivity index (χ0) is 11.8. The van der Waals surface area contributed by atoms with Crippen molar-refractivity contribution in [2.45, 2.75) is 0 Å². The molecular formula is C11H6ClN3OS. The molecule has 6 heteroatoms. The first-order valence-corrected chi connectivity index (χ1v) is 6.11. The van der Waals surface area contributed by atoms with Gasteiger partial charge in [0.1, 0.15) is 5.69 Å². The molecule has 1 aromatic carbocycles. The summed E-state index contributed by atoms with van der Waals surface area (Å²) in [6.45, 7) is 0. The maximum atomic E-state index is 10.9. The first kappa shape index (κ1) is 10.4. The Morgan fingerprint density at radius 2 is 2.18 bits per heavy atom. The van der Waals surface area contributed by atoms with Crippen LogP contribution in [0.5, 0.6) is 0 Å². The number of rotatable bonds is 2. The molecule has 84 valence electrons. The number of aromatic nitrogens is 2. The molecule has 0 bridgehead atoms. The van der Waals surface area contributed by atoms with Crippen LogP contribution in [0, 0.1) is 4.91 Å². The van der Waals surface area contributed by atoms with Crippen molar-refractivity contribution in [1.29, 1.82) is 0 Å². The van der Waals surface area contributed by atoms with Crippen molar-refractivity contribution in [3.05, 3.63) is 45.8 Å². The van der Waals surface area contributed by atoms with Gasteiger partial charge in [0.2, 0.25) is 5.82 Å². The molecular weight excluding hydrogens is 258 g/mol. The van der Waals surface area contributed by atoms with E-state index in [1.54, 1.807) is 16.7 Å². The highest BCUT2D eigenvalue weighted by molar-refractivity contribution is 7.15. The number of halogens is 1. The summed E-state index contributed by atoms with van der Waals surface area (Å²) in [6, 6.07) is 7.27. The van der Waals surface area contributed by atoms with Gasteiger partial charge in [0, 0.05) is 17.1 Å². The lowest BCUT2D eigenvalue weighted by Crippen LogP contribution is -1.80. The summed E-state index contributed by atoms with van der Waals surface area (Å²) < 4.78 is 1.66. The van der Waals surface area contributed by atoms with Crippen molar-refractivity contribution in [2.75, 3.05) is 0 Å². The molecule has 0 aliphatic carbocycles. The predicted molar refractivity (Wildman–Crippen MR) is 69.0 cm³/mol. The molecule has 2 heterocycles. The molecule has 3 aromatic rings. The molecule has 0 amide bonds. The van der Waals surface area contributed by atoms with Crippen LogP contribution in [0.2, 0.25) is 5.02 Å². The third-order valence-electron chi connectivity index (χ3n) is 2.45. The number of imidazole rings is 1. The van der Waals surface area contributed by atoms with Crippen molar-refractivity contribution in [1.82, 2.24) is 9.38 Å². The summed E-state index contributed by atoms with van der Waals surface area (Å²) >= 11 is 7.54. The topological polar surface area (TPSA) is 46.7 Å². The van der Waals surface area contributed by atoms with Crippen molar-refractivity contribution >= 4 is 33.7 Å². The summed E-state index contributed by atoms with van der Waals surface area (Å²) in [7, 11) is 0. The van der Waals surface area contributed by atoms with Gasteiger partial charge < -0.3 is 0 Å². The van der Waals surface area contributed by atoms with Crippen LogP contribution in [0.1, 0.15) is 0 Å². The quantitative estimate of drug-likeness (QED) is 0.653. The fraction of sp³-hybridized carbons (Fsp3) is 0. The Morgan fingerprint density at radius 1 is 1.35 bits per heavy atom. The van der Waals surface area contributed by atoms with E-state index >= 15 is 0 Å². The van der Waals surface area contributed by atoms with E-state index in [1.807, 2.05) is 23.6 Å². The Labute approximate surface area is 105 Å². The van der Waals surface area contributed by atoms with Gasteiger partial charge in [0.15, 0.2) is 4.96 Å². The molecule has 0 saturated heterocycles. The minimum atomic E-state index is 0.286. The minimum absolute atomic E-state index is 0.286. The second-order valence-electron chi connectivity index (χ2n) is 3.41. The molecule has 4 nitrogen and oxygen atoms in total. The smallest absolute Gasteiger partial charge is 0.210 e. The maximum Gasteiger partial charge on any atom is 0.210 e. The third kappa shape index (κ3) is 1.55. The van der Waals surface area contributed by atoms with E-state index in [-0.39, 0.29) is 5.82 Å². The number of hydrogen-bond acceptors (Lipinski definition) is 4. The number of hydrogen-bond donors (Lipinski definition) is 0. The Morgan fingerprint density at radius 3 is 2.94 bits per heavy atom. The molecule has 0 fully saturated rings. The molecule has 0 radical (unpaired) electrons. The van der Waals surface area contributed by atoms with E-state index < -0.39 is 0 Å². The van der Waals surface area contributed by atoms with Crippen LogP contribution in [0.25, 0.3) is 16.2 Å². The molecule has 0 spiro atoms. The molecule has 0 unspecified atom stereocenters. The van der Waals surface area contributed by atoms with E-state index in [0.717, 1.165) is 10.5 Å². The number of benzene rings is 1. The van der Waals surface area contributed by atoms with Gasteiger partial charge in [-0.15, -0.1) is 16.2 Å². The fourth-order valence-electron chi connectivity index (χ4n) is 1.69. The molecule has 3 rings (SSSR count). The zero-order valence-corrected chi connectivity index (χ0v) is 10.1. The maximum absolute atomic E-state index is 10.9. The normalized spacial score (nSPS) is 10.9. The second-order valence-corrected chi connectivity index (χ2v) is 4.69. The summed E-state index contributed by atoms with van der Waals surface area (Å²) in [5.74, 6) is 0.286. The SMILES string of the molecule is O=Nc1c(-c2ccccc2Cl)nc2sccn12. The standard InChI is InChI=1S/C11H6ClN3OS/c12-8-4-2-1-3-7(8)9-10(14-16)15-5-6-17-11(15)13-9/h1-6H. The highest BCUT2D eigenvalue weighted by atomic mass is 35.5. The molecule has 0 atom stereocenters. The predicted octanol–water partition coefficient (Wildman–Crippen LogP) is 4.11. The summed E-state index contributed by atoms with van der Waals surface area (Å²) in [6.07, 6.45) is 1.77. The van der Waals surface area contributed by atoms with E-state index in [2.05, 4.69) is 10.2 Å². The molecule has 0 aliphatic rings. The van der Waals surface area contributed by atoms with Crippen LogP contribution in [-0.2, 0) is 0 Å². The van der Waals surface area contributed by atoms with Gasteiger partial charge in [0.05, 0.1) is 5.02 Å². The first-order valence-electron chi connectivity index (χ1n) is 4.85. The lowest BCUT2D eigenvalue weighted by atomic mass is 10.1. The van der Waals surface area contributed by atoms with Gasteiger partial charge in [-0.3, -0.25) is 4.40 Å².